The quantitative estimate of drug-likeness (QED) is 0.475. The van der Waals surface area contributed by atoms with Crippen molar-refractivity contribution in [2.24, 2.45) is 10.8 Å². The van der Waals surface area contributed by atoms with Gasteiger partial charge in [0.25, 0.3) is 0 Å². The van der Waals surface area contributed by atoms with Crippen LogP contribution in [0.3, 0.4) is 0 Å². The minimum atomic E-state index is 0.274. The Balaban J connectivity index is 1.39. The topological polar surface area (TPSA) is 0 Å². The summed E-state index contributed by atoms with van der Waals surface area (Å²) in [5, 5.41) is 1.61. The number of rotatable bonds is 4. The van der Waals surface area contributed by atoms with Gasteiger partial charge in [0.2, 0.25) is 0 Å². The summed E-state index contributed by atoms with van der Waals surface area (Å²) < 4.78 is 0. The van der Waals surface area contributed by atoms with Crippen LogP contribution < -0.4 is 0 Å². The van der Waals surface area contributed by atoms with E-state index < -0.39 is 0 Å². The van der Waals surface area contributed by atoms with Crippen molar-refractivity contribution in [2.75, 3.05) is 0 Å². The molecule has 0 bridgehead atoms. The van der Waals surface area contributed by atoms with Gasteiger partial charge in [0.1, 0.15) is 0 Å². The van der Waals surface area contributed by atoms with Crippen molar-refractivity contribution in [1.82, 2.24) is 0 Å². The molecule has 0 aromatic heterocycles. The van der Waals surface area contributed by atoms with Crippen molar-refractivity contribution in [1.29, 1.82) is 0 Å². The van der Waals surface area contributed by atoms with Crippen LogP contribution in [0.4, 0.5) is 0 Å². The van der Waals surface area contributed by atoms with Crippen molar-refractivity contribution < 1.29 is 0 Å². The average molecular weight is 431 g/mol. The maximum atomic E-state index is 6.03. The zero-order valence-corrected chi connectivity index (χ0v) is 18.0. The Morgan fingerprint density at radius 3 is 1.59 bits per heavy atom. The fraction of sp³-hybridized carbons (Fsp3) is 0.304. The monoisotopic (exact) mass is 430 g/mol. The summed E-state index contributed by atoms with van der Waals surface area (Å²) >= 11 is 15.9. The summed E-state index contributed by atoms with van der Waals surface area (Å²) in [5.41, 5.74) is 0.688. The summed E-state index contributed by atoms with van der Waals surface area (Å²) in [7, 11) is 0. The number of allylic oxidation sites excluding steroid dienone is 4. The van der Waals surface area contributed by atoms with Gasteiger partial charge in [-0.15, -0.1) is 0 Å². The van der Waals surface area contributed by atoms with E-state index in [9.17, 15) is 0 Å². The summed E-state index contributed by atoms with van der Waals surface area (Å²) in [6.45, 7) is 0. The smallest absolute Gasteiger partial charge is 0.0406 e. The maximum absolute atomic E-state index is 6.03. The van der Waals surface area contributed by atoms with Crippen molar-refractivity contribution in [2.45, 2.75) is 41.9 Å². The van der Waals surface area contributed by atoms with E-state index in [0.29, 0.717) is 5.41 Å². The zero-order chi connectivity index (χ0) is 18.5. The van der Waals surface area contributed by atoms with E-state index in [2.05, 4.69) is 36.4 Å². The highest BCUT2D eigenvalue weighted by Gasteiger charge is 2.59. The highest BCUT2D eigenvalue weighted by molar-refractivity contribution is 8.03. The molecule has 138 valence electrons. The van der Waals surface area contributed by atoms with Gasteiger partial charge in [-0.1, -0.05) is 65.3 Å². The number of benzene rings is 2. The van der Waals surface area contributed by atoms with Crippen LogP contribution >= 0.6 is 46.7 Å². The molecule has 0 radical (unpaired) electrons. The molecule has 0 unspecified atom stereocenters. The lowest BCUT2D eigenvalue weighted by Gasteiger charge is -2.33. The molecule has 0 nitrogen and oxygen atoms in total. The lowest BCUT2D eigenvalue weighted by molar-refractivity contribution is 0.215. The Labute approximate surface area is 179 Å². The lowest BCUT2D eigenvalue weighted by atomic mass is 9.70. The maximum Gasteiger partial charge on any atom is 0.0406 e. The predicted octanol–water partition coefficient (Wildman–Crippen LogP) is 8.61. The molecule has 1 saturated carbocycles. The van der Waals surface area contributed by atoms with Crippen LogP contribution in [0.25, 0.3) is 0 Å². The highest BCUT2D eigenvalue weighted by Crippen LogP contribution is 2.71. The summed E-state index contributed by atoms with van der Waals surface area (Å²) in [4.78, 5) is 5.64. The Kier molecular flexibility index (Phi) is 4.67. The number of thioether (sulfide) groups is 2. The van der Waals surface area contributed by atoms with Crippen LogP contribution in [0.1, 0.15) is 32.1 Å². The fourth-order valence-corrected chi connectivity index (χ4v) is 7.70. The van der Waals surface area contributed by atoms with Crippen LogP contribution in [0, 0.1) is 10.8 Å². The molecule has 0 spiro atoms. The molecule has 4 heteroatoms. The van der Waals surface area contributed by atoms with E-state index in [1.54, 1.807) is 0 Å². The van der Waals surface area contributed by atoms with E-state index in [1.807, 2.05) is 47.8 Å². The van der Waals surface area contributed by atoms with E-state index >= 15 is 0 Å². The predicted molar refractivity (Wildman–Crippen MR) is 119 cm³/mol. The van der Waals surface area contributed by atoms with Crippen molar-refractivity contribution in [3.8, 4) is 0 Å². The molecule has 3 aliphatic rings. The second kappa shape index (κ2) is 6.91. The van der Waals surface area contributed by atoms with Gasteiger partial charge in [-0.2, -0.15) is 0 Å². The van der Waals surface area contributed by atoms with Gasteiger partial charge >= 0.3 is 0 Å². The third-order valence-corrected chi connectivity index (χ3v) is 8.79. The minimum absolute atomic E-state index is 0.274. The normalized spacial score (nSPS) is 28.7. The standard InChI is InChI=1S/C23H20Cl2S2/c24-16-2-6-18(7-3-16)26-20-12-22-10-1-11-23(22,13-20)15-21(14-22)27-19-8-4-17(25)5-9-19/h2-9,12,14H,1,10-11,13,15H2. The first kappa shape index (κ1) is 18.2. The van der Waals surface area contributed by atoms with Crippen LogP contribution in [-0.2, 0) is 0 Å². The van der Waals surface area contributed by atoms with Crippen LogP contribution in [0.5, 0.6) is 0 Å². The molecule has 0 aliphatic heterocycles. The SMILES string of the molecule is Clc1ccc(SC2=CC34C=C(Sc5ccc(Cl)cc5)CC3(CCC4)C2)cc1. The summed E-state index contributed by atoms with van der Waals surface area (Å²) in [5.74, 6) is 0. The molecule has 2 aromatic rings. The molecule has 0 heterocycles. The lowest BCUT2D eigenvalue weighted by Crippen LogP contribution is -2.26. The summed E-state index contributed by atoms with van der Waals surface area (Å²) in [6.07, 6.45) is 11.6. The van der Waals surface area contributed by atoms with E-state index in [4.69, 9.17) is 23.2 Å². The van der Waals surface area contributed by atoms with Gasteiger partial charge in [0.05, 0.1) is 0 Å². The Morgan fingerprint density at radius 2 is 1.15 bits per heavy atom. The minimum Gasteiger partial charge on any atom is -0.0948 e. The first-order valence-electron chi connectivity index (χ1n) is 9.36. The third-order valence-electron chi connectivity index (χ3n) is 6.22. The number of halogens is 2. The van der Waals surface area contributed by atoms with Crippen molar-refractivity contribution >= 4 is 46.7 Å². The largest absolute Gasteiger partial charge is 0.0948 e. The zero-order valence-electron chi connectivity index (χ0n) is 14.9. The molecule has 0 amide bonds. The van der Waals surface area contributed by atoms with Gasteiger partial charge in [-0.25, -0.2) is 0 Å². The van der Waals surface area contributed by atoms with Gasteiger partial charge in [0, 0.05) is 25.3 Å². The van der Waals surface area contributed by atoms with Crippen molar-refractivity contribution in [3.63, 3.8) is 0 Å². The first-order valence-corrected chi connectivity index (χ1v) is 11.8. The van der Waals surface area contributed by atoms with Crippen molar-refractivity contribution in [3.05, 3.63) is 80.5 Å². The van der Waals surface area contributed by atoms with Crippen LogP contribution in [0.15, 0.2) is 80.3 Å². The first-order chi connectivity index (χ1) is 13.1. The molecule has 5 rings (SSSR count). The molecular weight excluding hydrogens is 411 g/mol. The van der Waals surface area contributed by atoms with Crippen LogP contribution in [-0.4, -0.2) is 0 Å². The van der Waals surface area contributed by atoms with E-state index in [1.165, 1.54) is 51.7 Å². The molecule has 2 aromatic carbocycles. The second-order valence-electron chi connectivity index (χ2n) is 7.86. The third kappa shape index (κ3) is 3.29. The van der Waals surface area contributed by atoms with E-state index in [0.717, 1.165) is 10.0 Å². The van der Waals surface area contributed by atoms with Gasteiger partial charge < -0.3 is 0 Å². The number of hydrogen-bond acceptors (Lipinski definition) is 2. The van der Waals surface area contributed by atoms with Gasteiger partial charge in [-0.3, -0.25) is 0 Å². The molecule has 3 aliphatic carbocycles. The number of hydrogen-bond donors (Lipinski definition) is 0. The molecule has 0 atom stereocenters. The molecular formula is C23H20Cl2S2. The molecule has 1 fully saturated rings. The second-order valence-corrected chi connectivity index (χ2v) is 11.1. The Hall–Kier alpha value is -0.800. The Bertz CT molecular complexity index is 858. The highest BCUT2D eigenvalue weighted by atomic mass is 35.5. The van der Waals surface area contributed by atoms with E-state index in [-0.39, 0.29) is 5.41 Å². The molecule has 0 saturated heterocycles. The molecule has 0 N–H and O–H groups in total. The molecule has 27 heavy (non-hydrogen) atoms. The average Bonchev–Trinajstić information content (AvgIpc) is 3.18. The Morgan fingerprint density at radius 1 is 0.667 bits per heavy atom. The fourth-order valence-electron chi connectivity index (χ4n) is 5.06. The summed E-state index contributed by atoms with van der Waals surface area (Å²) in [6, 6.07) is 16.5. The van der Waals surface area contributed by atoms with Gasteiger partial charge in [-0.05, 0) is 89.4 Å². The van der Waals surface area contributed by atoms with Gasteiger partial charge in [0.15, 0.2) is 0 Å². The van der Waals surface area contributed by atoms with Crippen LogP contribution in [0.2, 0.25) is 10.0 Å².